The van der Waals surface area contributed by atoms with Crippen molar-refractivity contribution in [1.82, 2.24) is 4.90 Å². The molecule has 2 aliphatic rings. The summed E-state index contributed by atoms with van der Waals surface area (Å²) >= 11 is 0. The van der Waals surface area contributed by atoms with Gasteiger partial charge in [0, 0.05) is 30.3 Å². The van der Waals surface area contributed by atoms with Crippen molar-refractivity contribution in [3.63, 3.8) is 0 Å². The van der Waals surface area contributed by atoms with Crippen LogP contribution in [0.3, 0.4) is 0 Å². The number of nitro groups is 2. The van der Waals surface area contributed by atoms with Crippen molar-refractivity contribution >= 4 is 11.4 Å². The fourth-order valence-electron chi connectivity index (χ4n) is 3.05. The average Bonchev–Trinajstić information content (AvgIpc) is 2.82. The van der Waals surface area contributed by atoms with Gasteiger partial charge < -0.3 is 0 Å². The molecule has 2 fully saturated rings. The molecule has 3 rings (SSSR count). The fourth-order valence-corrected chi connectivity index (χ4v) is 3.05. The molecular formula is C12H13N3O4. The second-order valence-corrected chi connectivity index (χ2v) is 5.07. The number of piperidine rings is 1. The Hall–Kier alpha value is -2.02. The fraction of sp³-hybridized carbons (Fsp3) is 0.500. The molecule has 1 saturated heterocycles. The van der Waals surface area contributed by atoms with Gasteiger partial charge in [0.05, 0.1) is 15.9 Å². The highest BCUT2D eigenvalue weighted by Gasteiger charge is 2.50. The molecule has 1 aliphatic heterocycles. The van der Waals surface area contributed by atoms with Gasteiger partial charge in [-0.15, -0.1) is 0 Å². The first-order valence-electron chi connectivity index (χ1n) is 6.25. The maximum Gasteiger partial charge on any atom is 0.280 e. The molecule has 19 heavy (non-hydrogen) atoms. The third kappa shape index (κ3) is 2.06. The summed E-state index contributed by atoms with van der Waals surface area (Å²) in [7, 11) is 0. The van der Waals surface area contributed by atoms with Crippen molar-refractivity contribution in [1.29, 1.82) is 0 Å². The van der Waals surface area contributed by atoms with Crippen molar-refractivity contribution in [3.05, 3.63) is 44.0 Å². The number of likely N-dealkylation sites (tertiary alicyclic amines) is 1. The summed E-state index contributed by atoms with van der Waals surface area (Å²) < 4.78 is 0. The predicted molar refractivity (Wildman–Crippen MR) is 66.7 cm³/mol. The molecule has 0 bridgehead atoms. The molecule has 1 heterocycles. The Labute approximate surface area is 109 Å². The smallest absolute Gasteiger partial charge is 0.280 e. The number of hydrogen-bond donors (Lipinski definition) is 0. The Bertz CT molecular complexity index is 550. The Kier molecular flexibility index (Phi) is 2.70. The summed E-state index contributed by atoms with van der Waals surface area (Å²) in [5.74, 6) is 0. The van der Waals surface area contributed by atoms with Crippen LogP contribution in [0.25, 0.3) is 0 Å². The summed E-state index contributed by atoms with van der Waals surface area (Å²) in [4.78, 5) is 22.7. The van der Waals surface area contributed by atoms with Gasteiger partial charge in [-0.3, -0.25) is 25.1 Å². The van der Waals surface area contributed by atoms with Gasteiger partial charge in [-0.2, -0.15) is 0 Å². The quantitative estimate of drug-likeness (QED) is 0.472. The number of nitrogens with zero attached hydrogens (tertiary/aromatic N) is 3. The van der Waals surface area contributed by atoms with E-state index < -0.39 is 9.85 Å². The summed E-state index contributed by atoms with van der Waals surface area (Å²) in [5, 5.41) is 21.7. The van der Waals surface area contributed by atoms with E-state index >= 15 is 0 Å². The Morgan fingerprint density at radius 1 is 1.16 bits per heavy atom. The number of non-ortho nitro benzene ring substituents is 1. The zero-order valence-corrected chi connectivity index (χ0v) is 10.2. The molecule has 100 valence electrons. The number of hydrogen-bond acceptors (Lipinski definition) is 5. The topological polar surface area (TPSA) is 89.3 Å². The van der Waals surface area contributed by atoms with E-state index in [4.69, 9.17) is 0 Å². The zero-order valence-electron chi connectivity index (χ0n) is 10.2. The second-order valence-electron chi connectivity index (χ2n) is 5.07. The molecule has 1 aromatic carbocycles. The van der Waals surface area contributed by atoms with Crippen molar-refractivity contribution < 1.29 is 9.85 Å². The average molecular weight is 263 g/mol. The number of fused-ring (bicyclic) bond motifs is 1. The van der Waals surface area contributed by atoms with Crippen LogP contribution in [-0.2, 0) is 6.54 Å². The summed E-state index contributed by atoms with van der Waals surface area (Å²) in [5.41, 5.74) is 0.172. The first-order chi connectivity index (χ1) is 9.08. The molecule has 7 nitrogen and oxygen atoms in total. The van der Waals surface area contributed by atoms with E-state index in [1.165, 1.54) is 18.6 Å². The van der Waals surface area contributed by atoms with Gasteiger partial charge in [-0.05, 0) is 18.9 Å². The zero-order chi connectivity index (χ0) is 13.6. The molecule has 0 N–H and O–H groups in total. The normalized spacial score (nSPS) is 27.9. The lowest BCUT2D eigenvalue weighted by atomic mass is 10.1. The Balaban J connectivity index is 1.84. The van der Waals surface area contributed by atoms with Gasteiger partial charge in [0.15, 0.2) is 0 Å². The highest BCUT2D eigenvalue weighted by atomic mass is 16.6. The van der Waals surface area contributed by atoms with E-state index in [0.29, 0.717) is 24.2 Å². The number of benzene rings is 1. The molecular weight excluding hydrogens is 250 g/mol. The molecule has 1 unspecified atom stereocenters. The van der Waals surface area contributed by atoms with Crippen molar-refractivity contribution in [2.75, 3.05) is 0 Å². The highest BCUT2D eigenvalue weighted by molar-refractivity contribution is 5.49. The minimum Gasteiger partial charge on any atom is -0.290 e. The predicted octanol–water partition coefficient (Wildman–Crippen LogP) is 2.24. The maximum atomic E-state index is 11.0. The second kappa shape index (κ2) is 4.27. The third-order valence-corrected chi connectivity index (χ3v) is 4.04. The van der Waals surface area contributed by atoms with Crippen LogP contribution in [0.5, 0.6) is 0 Å². The lowest BCUT2D eigenvalue weighted by Crippen LogP contribution is -2.08. The lowest BCUT2D eigenvalue weighted by molar-refractivity contribution is -0.394. The SMILES string of the molecule is O=[N+]([O-])c1ccc(CN2[C@@H]3CCC[C@@H]32)c([N+](=O)[O-])c1. The van der Waals surface area contributed by atoms with E-state index in [9.17, 15) is 20.2 Å². The minimum atomic E-state index is -0.608. The van der Waals surface area contributed by atoms with Gasteiger partial charge in [0.25, 0.3) is 11.4 Å². The standard InChI is InChI=1S/C12H13N3O4/c16-14(17)9-5-4-8(12(6-9)15(18)19)7-13-10-2-1-3-11(10)13/h4-6,10-11H,1-3,7H2/t10-,11+,13?. The third-order valence-electron chi connectivity index (χ3n) is 4.04. The van der Waals surface area contributed by atoms with Crippen LogP contribution < -0.4 is 0 Å². The maximum absolute atomic E-state index is 11.0. The van der Waals surface area contributed by atoms with Crippen LogP contribution in [0.2, 0.25) is 0 Å². The molecule has 0 spiro atoms. The van der Waals surface area contributed by atoms with Crippen LogP contribution in [0.15, 0.2) is 18.2 Å². The van der Waals surface area contributed by atoms with E-state index in [2.05, 4.69) is 4.90 Å². The van der Waals surface area contributed by atoms with E-state index in [1.807, 2.05) is 0 Å². The van der Waals surface area contributed by atoms with Crippen LogP contribution in [0.1, 0.15) is 24.8 Å². The summed E-state index contributed by atoms with van der Waals surface area (Å²) in [6, 6.07) is 5.02. The van der Waals surface area contributed by atoms with Crippen molar-refractivity contribution in [2.45, 2.75) is 37.9 Å². The van der Waals surface area contributed by atoms with E-state index in [1.54, 1.807) is 0 Å². The van der Waals surface area contributed by atoms with E-state index in [0.717, 1.165) is 18.9 Å². The van der Waals surface area contributed by atoms with Gasteiger partial charge in [-0.1, -0.05) is 6.42 Å². The lowest BCUT2D eigenvalue weighted by Gasteiger charge is -2.07. The molecule has 1 aliphatic carbocycles. The van der Waals surface area contributed by atoms with Gasteiger partial charge in [0.1, 0.15) is 0 Å². The minimum absolute atomic E-state index is 0.154. The first-order valence-corrected chi connectivity index (χ1v) is 6.25. The number of nitro benzene ring substituents is 2. The molecule has 1 saturated carbocycles. The molecule has 1 aromatic rings. The summed E-state index contributed by atoms with van der Waals surface area (Å²) in [6.07, 6.45) is 3.55. The first kappa shape index (κ1) is 12.0. The molecule has 0 aromatic heterocycles. The van der Waals surface area contributed by atoms with Crippen LogP contribution in [0, 0.1) is 20.2 Å². The van der Waals surface area contributed by atoms with Crippen LogP contribution in [0.4, 0.5) is 11.4 Å². The largest absolute Gasteiger partial charge is 0.290 e. The van der Waals surface area contributed by atoms with Gasteiger partial charge >= 0.3 is 0 Å². The molecule has 0 amide bonds. The molecule has 3 atom stereocenters. The molecule has 7 heteroatoms. The Morgan fingerprint density at radius 3 is 2.42 bits per heavy atom. The molecule has 0 radical (unpaired) electrons. The van der Waals surface area contributed by atoms with Crippen molar-refractivity contribution in [3.8, 4) is 0 Å². The van der Waals surface area contributed by atoms with Crippen molar-refractivity contribution in [2.24, 2.45) is 0 Å². The highest BCUT2D eigenvalue weighted by Crippen LogP contribution is 2.44. The van der Waals surface area contributed by atoms with Gasteiger partial charge in [0.2, 0.25) is 0 Å². The Morgan fingerprint density at radius 2 is 1.84 bits per heavy atom. The van der Waals surface area contributed by atoms with Gasteiger partial charge in [-0.25, -0.2) is 0 Å². The van der Waals surface area contributed by atoms with Crippen LogP contribution >= 0.6 is 0 Å². The number of rotatable bonds is 4. The monoisotopic (exact) mass is 263 g/mol. The van der Waals surface area contributed by atoms with E-state index in [-0.39, 0.29) is 11.4 Å². The van der Waals surface area contributed by atoms with Crippen LogP contribution in [-0.4, -0.2) is 26.8 Å². The summed E-state index contributed by atoms with van der Waals surface area (Å²) in [6.45, 7) is 0.518.